The zero-order valence-corrected chi connectivity index (χ0v) is 14.3. The Balaban J connectivity index is 1.86. The monoisotopic (exact) mass is 347 g/mol. The summed E-state index contributed by atoms with van der Waals surface area (Å²) in [5, 5.41) is 12.3. The van der Waals surface area contributed by atoms with Crippen LogP contribution in [0, 0.1) is 23.7 Å². The lowest BCUT2D eigenvalue weighted by Crippen LogP contribution is -2.36. The number of carbonyl (C=O) groups excluding carboxylic acids is 1. The molecule has 1 aromatic carbocycles. The second-order valence-electron chi connectivity index (χ2n) is 6.24. The average molecular weight is 347 g/mol. The van der Waals surface area contributed by atoms with Gasteiger partial charge in [0.25, 0.3) is 0 Å². The Hall–Kier alpha value is -2.70. The Kier molecular flexibility index (Phi) is 4.57. The fourth-order valence-electron chi connectivity index (χ4n) is 3.90. The average Bonchev–Trinajstić information content (AvgIpc) is 3.21. The van der Waals surface area contributed by atoms with Crippen molar-refractivity contribution in [3.8, 4) is 17.2 Å². The number of amides is 1. The van der Waals surface area contributed by atoms with Gasteiger partial charge in [-0.05, 0) is 18.3 Å². The Labute approximate surface area is 145 Å². The van der Waals surface area contributed by atoms with Gasteiger partial charge >= 0.3 is 5.97 Å². The van der Waals surface area contributed by atoms with E-state index in [2.05, 4.69) is 5.32 Å². The molecular weight excluding hydrogens is 326 g/mol. The van der Waals surface area contributed by atoms with Crippen LogP contribution >= 0.6 is 0 Å². The second-order valence-corrected chi connectivity index (χ2v) is 6.24. The Bertz CT molecular complexity index is 703. The van der Waals surface area contributed by atoms with Crippen LogP contribution in [0.2, 0.25) is 0 Å². The third-order valence-electron chi connectivity index (χ3n) is 4.98. The molecule has 25 heavy (non-hydrogen) atoms. The van der Waals surface area contributed by atoms with Gasteiger partial charge < -0.3 is 24.6 Å². The number of anilines is 1. The van der Waals surface area contributed by atoms with E-state index in [1.54, 1.807) is 12.1 Å². The first-order valence-corrected chi connectivity index (χ1v) is 8.02. The number of methoxy groups -OCH3 is 3. The Morgan fingerprint density at radius 1 is 1.00 bits per heavy atom. The van der Waals surface area contributed by atoms with Gasteiger partial charge in [-0.1, -0.05) is 12.2 Å². The van der Waals surface area contributed by atoms with Crippen LogP contribution in [0.4, 0.5) is 5.69 Å². The molecular formula is C18H21NO6. The molecule has 1 fully saturated rings. The molecule has 0 spiro atoms. The van der Waals surface area contributed by atoms with E-state index in [0.717, 1.165) is 0 Å². The molecule has 4 atom stereocenters. The Morgan fingerprint density at radius 2 is 1.56 bits per heavy atom. The van der Waals surface area contributed by atoms with Crippen molar-refractivity contribution in [1.82, 2.24) is 0 Å². The third kappa shape index (κ3) is 2.90. The predicted octanol–water partition coefficient (Wildman–Crippen LogP) is 2.17. The first-order chi connectivity index (χ1) is 12.0. The van der Waals surface area contributed by atoms with Crippen LogP contribution in [0.25, 0.3) is 0 Å². The standard InChI is InChI=1S/C18H21NO6/c1-23-12-7-11(8-13(24-2)16(12)25-3)19-17(20)14-9-4-5-10(6-9)15(14)18(21)22/h4-5,7-10,14-15H,6H2,1-3H3,(H,19,20)(H,21,22)/t9-,10+,14+,15+/m1/s1. The number of carbonyl (C=O) groups is 2. The smallest absolute Gasteiger partial charge is 0.307 e. The lowest BCUT2D eigenvalue weighted by Gasteiger charge is -2.24. The van der Waals surface area contributed by atoms with E-state index in [9.17, 15) is 14.7 Å². The van der Waals surface area contributed by atoms with E-state index in [1.165, 1.54) is 21.3 Å². The first kappa shape index (κ1) is 17.1. The summed E-state index contributed by atoms with van der Waals surface area (Å²) in [6, 6.07) is 3.25. The molecule has 0 heterocycles. The van der Waals surface area contributed by atoms with Crippen LogP contribution in [0.15, 0.2) is 24.3 Å². The minimum absolute atomic E-state index is 0.0341. The Morgan fingerprint density at radius 3 is 2.04 bits per heavy atom. The quantitative estimate of drug-likeness (QED) is 0.766. The van der Waals surface area contributed by atoms with Crippen molar-refractivity contribution in [3.63, 3.8) is 0 Å². The number of aliphatic carboxylic acids is 1. The number of benzene rings is 1. The summed E-state index contributed by atoms with van der Waals surface area (Å²) in [4.78, 5) is 24.3. The van der Waals surface area contributed by atoms with Gasteiger partial charge in [-0.3, -0.25) is 9.59 Å². The molecule has 2 aliphatic carbocycles. The topological polar surface area (TPSA) is 94.1 Å². The van der Waals surface area contributed by atoms with Crippen LogP contribution in [-0.4, -0.2) is 38.3 Å². The van der Waals surface area contributed by atoms with Gasteiger partial charge in [0.2, 0.25) is 11.7 Å². The van der Waals surface area contributed by atoms with Gasteiger partial charge in [0.15, 0.2) is 11.5 Å². The summed E-state index contributed by atoms with van der Waals surface area (Å²) < 4.78 is 15.8. The van der Waals surface area contributed by atoms with Crippen LogP contribution in [0.5, 0.6) is 17.2 Å². The number of fused-ring (bicyclic) bond motifs is 2. The number of allylic oxidation sites excluding steroid dienone is 2. The fourth-order valence-corrected chi connectivity index (χ4v) is 3.90. The van der Waals surface area contributed by atoms with Crippen molar-refractivity contribution in [2.45, 2.75) is 6.42 Å². The van der Waals surface area contributed by atoms with E-state index in [0.29, 0.717) is 29.4 Å². The maximum absolute atomic E-state index is 12.8. The molecule has 2 N–H and O–H groups in total. The maximum Gasteiger partial charge on any atom is 0.307 e. The molecule has 2 bridgehead atoms. The van der Waals surface area contributed by atoms with Gasteiger partial charge in [0.1, 0.15) is 0 Å². The number of carboxylic acids is 1. The van der Waals surface area contributed by atoms with E-state index in [1.807, 2.05) is 12.2 Å². The summed E-state index contributed by atoms with van der Waals surface area (Å²) in [5.74, 6) is -1.34. The predicted molar refractivity (Wildman–Crippen MR) is 90.1 cm³/mol. The van der Waals surface area contributed by atoms with Gasteiger partial charge in [-0.15, -0.1) is 0 Å². The van der Waals surface area contributed by atoms with E-state index < -0.39 is 17.8 Å². The number of ether oxygens (including phenoxy) is 3. The van der Waals surface area contributed by atoms with Crippen molar-refractivity contribution >= 4 is 17.6 Å². The molecule has 0 unspecified atom stereocenters. The van der Waals surface area contributed by atoms with Crippen molar-refractivity contribution < 1.29 is 28.9 Å². The summed E-state index contributed by atoms with van der Waals surface area (Å²) in [5.41, 5.74) is 0.468. The normalized spacial score (nSPS) is 26.4. The van der Waals surface area contributed by atoms with Crippen LogP contribution in [0.1, 0.15) is 6.42 Å². The van der Waals surface area contributed by atoms with Crippen molar-refractivity contribution in [3.05, 3.63) is 24.3 Å². The van der Waals surface area contributed by atoms with Crippen LogP contribution < -0.4 is 19.5 Å². The molecule has 0 aliphatic heterocycles. The zero-order chi connectivity index (χ0) is 18.1. The molecule has 0 radical (unpaired) electrons. The molecule has 7 nitrogen and oxygen atoms in total. The number of nitrogens with one attached hydrogen (secondary N) is 1. The van der Waals surface area contributed by atoms with Crippen molar-refractivity contribution in [2.24, 2.45) is 23.7 Å². The number of hydrogen-bond donors (Lipinski definition) is 2. The van der Waals surface area contributed by atoms with E-state index in [4.69, 9.17) is 14.2 Å². The molecule has 134 valence electrons. The molecule has 7 heteroatoms. The van der Waals surface area contributed by atoms with Crippen molar-refractivity contribution in [2.75, 3.05) is 26.6 Å². The van der Waals surface area contributed by atoms with Crippen LogP contribution in [0.3, 0.4) is 0 Å². The van der Waals surface area contributed by atoms with E-state index in [-0.39, 0.29) is 17.7 Å². The summed E-state index contributed by atoms with van der Waals surface area (Å²) in [6.07, 6.45) is 4.57. The molecule has 0 aromatic heterocycles. The van der Waals surface area contributed by atoms with Gasteiger partial charge in [0.05, 0.1) is 33.2 Å². The SMILES string of the molecule is COc1cc(NC(=O)[C@@H]2[C@@H](C(=O)O)[C@H]3C=C[C@@H]2C3)cc(OC)c1OC. The van der Waals surface area contributed by atoms with Gasteiger partial charge in [-0.2, -0.15) is 0 Å². The minimum atomic E-state index is -0.929. The fraction of sp³-hybridized carbons (Fsp3) is 0.444. The molecule has 0 saturated heterocycles. The van der Waals surface area contributed by atoms with Gasteiger partial charge in [-0.25, -0.2) is 0 Å². The largest absolute Gasteiger partial charge is 0.493 e. The maximum atomic E-state index is 12.8. The highest BCUT2D eigenvalue weighted by molar-refractivity contribution is 5.96. The van der Waals surface area contributed by atoms with E-state index >= 15 is 0 Å². The zero-order valence-electron chi connectivity index (χ0n) is 14.3. The lowest BCUT2D eigenvalue weighted by atomic mass is 9.82. The highest BCUT2D eigenvalue weighted by atomic mass is 16.5. The summed E-state index contributed by atoms with van der Waals surface area (Å²) in [6.45, 7) is 0. The number of rotatable bonds is 6. The summed E-state index contributed by atoms with van der Waals surface area (Å²) in [7, 11) is 4.48. The molecule has 1 amide bonds. The molecule has 2 aliphatic rings. The highest BCUT2D eigenvalue weighted by Gasteiger charge is 2.51. The molecule has 1 saturated carbocycles. The van der Waals surface area contributed by atoms with Crippen molar-refractivity contribution in [1.29, 1.82) is 0 Å². The summed E-state index contributed by atoms with van der Waals surface area (Å²) >= 11 is 0. The van der Waals surface area contributed by atoms with Gasteiger partial charge in [0, 0.05) is 17.8 Å². The number of carboxylic acid groups (broad SMARTS) is 1. The molecule has 1 aromatic rings. The second kappa shape index (κ2) is 6.66. The first-order valence-electron chi connectivity index (χ1n) is 8.02. The number of hydrogen-bond acceptors (Lipinski definition) is 5. The third-order valence-corrected chi connectivity index (χ3v) is 4.98. The van der Waals surface area contributed by atoms with Crippen LogP contribution in [-0.2, 0) is 9.59 Å². The molecule has 3 rings (SSSR count). The lowest BCUT2D eigenvalue weighted by molar-refractivity contribution is -0.146. The highest BCUT2D eigenvalue weighted by Crippen LogP contribution is 2.48. The minimum Gasteiger partial charge on any atom is -0.493 e.